The molecule has 7 heteroatoms. The van der Waals surface area contributed by atoms with E-state index in [0.717, 1.165) is 31.8 Å². The highest BCUT2D eigenvalue weighted by Gasteiger charge is 2.48. The highest BCUT2D eigenvalue weighted by molar-refractivity contribution is 6.30. The lowest BCUT2D eigenvalue weighted by Gasteiger charge is -2.28. The summed E-state index contributed by atoms with van der Waals surface area (Å²) < 4.78 is 51.7. The van der Waals surface area contributed by atoms with Gasteiger partial charge in [0.05, 0.1) is 5.57 Å². The molecule has 2 rings (SSSR count). The molecule has 0 amide bonds. The predicted molar refractivity (Wildman–Crippen MR) is 85.4 cm³/mol. The van der Waals surface area contributed by atoms with Gasteiger partial charge in [-0.05, 0) is 36.6 Å². The van der Waals surface area contributed by atoms with E-state index < -0.39 is 23.8 Å². The summed E-state index contributed by atoms with van der Waals surface area (Å²) in [5, 5.41) is 9.38. The SMILES string of the molecule is [2H]CCCCCCc1cc(Cl)cc2c1OC(C(F)(F)F)C(C(=O)O)=C2. The third-order valence-corrected chi connectivity index (χ3v) is 3.95. The van der Waals surface area contributed by atoms with Crippen LogP contribution in [0.3, 0.4) is 0 Å². The Balaban J connectivity index is 2.31. The first-order valence-electron chi connectivity index (χ1n) is 8.24. The number of fused-ring (bicyclic) bond motifs is 1. The number of hydrogen-bond donors (Lipinski definition) is 1. The number of benzene rings is 1. The molecule has 1 unspecified atom stereocenters. The minimum absolute atomic E-state index is 0.0391. The van der Waals surface area contributed by atoms with Gasteiger partial charge in [0, 0.05) is 12.0 Å². The summed E-state index contributed by atoms with van der Waals surface area (Å²) in [7, 11) is 0. The summed E-state index contributed by atoms with van der Waals surface area (Å²) in [6.45, 7) is 0.353. The molecular weight excluding hydrogens is 345 g/mol. The van der Waals surface area contributed by atoms with E-state index in [-0.39, 0.29) is 11.3 Å². The molecule has 0 radical (unpaired) electrons. The van der Waals surface area contributed by atoms with Crippen molar-refractivity contribution in [2.45, 2.75) is 51.3 Å². The Morgan fingerprint density at radius 3 is 2.75 bits per heavy atom. The summed E-state index contributed by atoms with van der Waals surface area (Å²) in [5.74, 6) is -1.64. The number of aliphatic carboxylic acids is 1. The van der Waals surface area contributed by atoms with Gasteiger partial charge in [-0.25, -0.2) is 4.79 Å². The fraction of sp³-hybridized carbons (Fsp3) is 0.471. The van der Waals surface area contributed by atoms with E-state index in [2.05, 4.69) is 0 Å². The van der Waals surface area contributed by atoms with Crippen molar-refractivity contribution in [1.29, 1.82) is 0 Å². The van der Waals surface area contributed by atoms with Crippen molar-refractivity contribution in [1.82, 2.24) is 0 Å². The van der Waals surface area contributed by atoms with Gasteiger partial charge < -0.3 is 9.84 Å². The molecule has 0 saturated heterocycles. The molecule has 0 saturated carbocycles. The van der Waals surface area contributed by atoms with Gasteiger partial charge in [-0.3, -0.25) is 0 Å². The lowest BCUT2D eigenvalue weighted by Crippen LogP contribution is -2.40. The van der Waals surface area contributed by atoms with Crippen molar-refractivity contribution in [2.75, 3.05) is 0 Å². The number of alkyl halides is 3. The van der Waals surface area contributed by atoms with Crippen LogP contribution < -0.4 is 4.74 Å². The maximum atomic E-state index is 13.2. The van der Waals surface area contributed by atoms with Gasteiger partial charge >= 0.3 is 12.1 Å². The van der Waals surface area contributed by atoms with Gasteiger partial charge in [0.25, 0.3) is 0 Å². The number of unbranched alkanes of at least 4 members (excludes halogenated alkanes) is 3. The average molecular weight is 364 g/mol. The molecule has 0 bridgehead atoms. The number of carboxylic acid groups (broad SMARTS) is 1. The Morgan fingerprint density at radius 1 is 1.38 bits per heavy atom. The number of aryl methyl sites for hydroxylation is 1. The lowest BCUT2D eigenvalue weighted by molar-refractivity contribution is -0.187. The van der Waals surface area contributed by atoms with E-state index >= 15 is 0 Å². The highest BCUT2D eigenvalue weighted by Crippen LogP contribution is 2.41. The molecule has 132 valence electrons. The summed E-state index contributed by atoms with van der Waals surface area (Å²) in [5.41, 5.74) is -0.0847. The first kappa shape index (κ1) is 17.1. The third kappa shape index (κ3) is 4.23. The predicted octanol–water partition coefficient (Wildman–Crippen LogP) is 5.25. The first-order chi connectivity index (χ1) is 11.7. The van der Waals surface area contributed by atoms with Gasteiger partial charge in [0.2, 0.25) is 6.10 Å². The van der Waals surface area contributed by atoms with E-state index in [1.807, 2.05) is 0 Å². The van der Waals surface area contributed by atoms with Crippen molar-refractivity contribution in [2.24, 2.45) is 0 Å². The van der Waals surface area contributed by atoms with E-state index in [9.17, 15) is 18.0 Å². The fourth-order valence-corrected chi connectivity index (χ4v) is 2.87. The zero-order valence-electron chi connectivity index (χ0n) is 13.8. The Morgan fingerprint density at radius 2 is 2.12 bits per heavy atom. The second kappa shape index (κ2) is 7.47. The van der Waals surface area contributed by atoms with Gasteiger partial charge in [-0.1, -0.05) is 37.8 Å². The third-order valence-electron chi connectivity index (χ3n) is 3.73. The zero-order chi connectivity index (χ0) is 18.6. The van der Waals surface area contributed by atoms with Crippen LogP contribution >= 0.6 is 11.6 Å². The quantitative estimate of drug-likeness (QED) is 0.702. The minimum atomic E-state index is -4.83. The monoisotopic (exact) mass is 363 g/mol. The highest BCUT2D eigenvalue weighted by atomic mass is 35.5. The number of ether oxygens (including phenoxy) is 1. The molecule has 0 aliphatic carbocycles. The number of rotatable bonds is 6. The van der Waals surface area contributed by atoms with Crippen LogP contribution in [0.1, 0.15) is 45.1 Å². The zero-order valence-corrected chi connectivity index (χ0v) is 13.6. The molecule has 24 heavy (non-hydrogen) atoms. The van der Waals surface area contributed by atoms with Crippen molar-refractivity contribution in [3.05, 3.63) is 33.9 Å². The molecular formula is C17H18ClF3O3. The molecule has 1 atom stereocenters. The van der Waals surface area contributed by atoms with Gasteiger partial charge in [-0.2, -0.15) is 13.2 Å². The molecule has 1 aromatic carbocycles. The smallest absolute Gasteiger partial charge is 0.430 e. The van der Waals surface area contributed by atoms with Gasteiger partial charge in [-0.15, -0.1) is 0 Å². The van der Waals surface area contributed by atoms with Crippen LogP contribution in [-0.4, -0.2) is 23.4 Å². The van der Waals surface area contributed by atoms with E-state index in [4.69, 9.17) is 22.8 Å². The van der Waals surface area contributed by atoms with Gasteiger partial charge in [0.15, 0.2) is 0 Å². The largest absolute Gasteiger partial charge is 0.478 e. The van der Waals surface area contributed by atoms with Crippen LogP contribution in [0, 0.1) is 0 Å². The number of carboxylic acids is 1. The summed E-state index contributed by atoms with van der Waals surface area (Å²) >= 11 is 6.02. The molecule has 1 heterocycles. The van der Waals surface area contributed by atoms with Crippen molar-refractivity contribution in [3.8, 4) is 5.75 Å². The Hall–Kier alpha value is -1.69. The maximum absolute atomic E-state index is 13.2. The molecule has 1 N–H and O–H groups in total. The molecule has 0 aromatic heterocycles. The molecule has 0 fully saturated rings. The first-order valence-corrected chi connectivity index (χ1v) is 7.91. The number of halogens is 4. The van der Waals surface area contributed by atoms with Crippen molar-refractivity contribution < 1.29 is 29.2 Å². The molecule has 1 aromatic rings. The van der Waals surface area contributed by atoms with Crippen LogP contribution in [0.2, 0.25) is 5.02 Å². The standard InChI is InChI=1S/C17H18ClF3O3/c1-2-3-4-5-6-10-7-12(18)8-11-9-13(16(22)23)15(17(19,20)21)24-14(10)11/h7-9,15H,2-6H2,1H3,(H,22,23)/i1D. The summed E-state index contributed by atoms with van der Waals surface area (Å²) in [4.78, 5) is 11.2. The second-order valence-corrected chi connectivity index (χ2v) is 6.03. The molecule has 1 aliphatic rings. The average Bonchev–Trinajstić information content (AvgIpc) is 2.52. The lowest BCUT2D eigenvalue weighted by atomic mass is 9.96. The fourth-order valence-electron chi connectivity index (χ4n) is 2.62. The summed E-state index contributed by atoms with van der Waals surface area (Å²) in [6.07, 6.45) is -2.64. The molecule has 1 aliphatic heterocycles. The normalized spacial score (nSPS) is 17.6. The number of carbonyl (C=O) groups is 1. The number of hydrogen-bond acceptors (Lipinski definition) is 2. The van der Waals surface area contributed by atoms with E-state index in [1.165, 1.54) is 6.07 Å². The van der Waals surface area contributed by atoms with Gasteiger partial charge in [0.1, 0.15) is 5.75 Å². The van der Waals surface area contributed by atoms with Crippen LogP contribution in [-0.2, 0) is 11.2 Å². The van der Waals surface area contributed by atoms with Crippen LogP contribution in [0.15, 0.2) is 17.7 Å². The summed E-state index contributed by atoms with van der Waals surface area (Å²) in [6, 6.07) is 2.95. The van der Waals surface area contributed by atoms with Crippen LogP contribution in [0.4, 0.5) is 13.2 Å². The van der Waals surface area contributed by atoms with Crippen LogP contribution in [0.5, 0.6) is 5.75 Å². The van der Waals surface area contributed by atoms with Crippen LogP contribution in [0.25, 0.3) is 6.08 Å². The maximum Gasteiger partial charge on any atom is 0.430 e. The Labute approximate surface area is 144 Å². The van der Waals surface area contributed by atoms with Crippen molar-refractivity contribution in [3.63, 3.8) is 0 Å². The Kier molecular flexibility index (Phi) is 5.33. The van der Waals surface area contributed by atoms with Crippen molar-refractivity contribution >= 4 is 23.6 Å². The Bertz CT molecular complexity index is 674. The molecule has 3 nitrogen and oxygen atoms in total. The minimum Gasteiger partial charge on any atom is -0.478 e. The second-order valence-electron chi connectivity index (χ2n) is 5.59. The van der Waals surface area contributed by atoms with E-state index in [0.29, 0.717) is 23.9 Å². The molecule has 0 spiro atoms. The van der Waals surface area contributed by atoms with E-state index in [1.54, 1.807) is 6.07 Å². The topological polar surface area (TPSA) is 46.5 Å².